The molecule has 0 radical (unpaired) electrons. The largest absolute Gasteiger partial charge is 0.331 e. The highest BCUT2D eigenvalue weighted by Crippen LogP contribution is 2.15. The zero-order valence-electron chi connectivity index (χ0n) is 9.66. The summed E-state index contributed by atoms with van der Waals surface area (Å²) >= 11 is 5.80. The zero-order chi connectivity index (χ0) is 13.0. The summed E-state index contributed by atoms with van der Waals surface area (Å²) in [7, 11) is 0. The molecule has 1 amide bonds. The molecule has 0 atom stereocenters. The first-order chi connectivity index (χ1) is 7.91. The van der Waals surface area contributed by atoms with Crippen LogP contribution in [0.3, 0.4) is 0 Å². The lowest BCUT2D eigenvalue weighted by Crippen LogP contribution is -2.40. The molecular formula is C12H14ClF2NO. The number of hydrogen-bond acceptors (Lipinski definition) is 1. The van der Waals surface area contributed by atoms with Gasteiger partial charge in [-0.05, 0) is 31.5 Å². The Kier molecular flexibility index (Phi) is 4.87. The number of nitrogens with zero attached hydrogens (tertiary/aromatic N) is 1. The highest BCUT2D eigenvalue weighted by molar-refractivity contribution is 6.30. The third-order valence-electron chi connectivity index (χ3n) is 2.34. The molecule has 0 bridgehead atoms. The van der Waals surface area contributed by atoms with Crippen molar-refractivity contribution in [3.63, 3.8) is 0 Å². The number of benzene rings is 1. The Bertz CT molecular complexity index is 396. The van der Waals surface area contributed by atoms with Crippen LogP contribution in [0.5, 0.6) is 0 Å². The molecule has 0 unspecified atom stereocenters. The number of rotatable bonds is 4. The molecule has 0 N–H and O–H groups in total. The van der Waals surface area contributed by atoms with Crippen molar-refractivity contribution < 1.29 is 13.6 Å². The Hall–Kier alpha value is -1.16. The van der Waals surface area contributed by atoms with Gasteiger partial charge in [-0.2, -0.15) is 8.78 Å². The minimum absolute atomic E-state index is 0.140. The molecule has 0 saturated carbocycles. The Morgan fingerprint density at radius 3 is 2.53 bits per heavy atom. The summed E-state index contributed by atoms with van der Waals surface area (Å²) in [5.74, 6) is -1.15. The summed E-state index contributed by atoms with van der Waals surface area (Å²) in [6, 6.07) is 6.55. The lowest BCUT2D eigenvalue weighted by molar-refractivity contribution is -0.145. The molecule has 5 heteroatoms. The molecule has 2 nitrogen and oxygen atoms in total. The van der Waals surface area contributed by atoms with Crippen LogP contribution in [0.4, 0.5) is 8.78 Å². The number of carbonyl (C=O) groups excluding carboxylic acids is 1. The van der Waals surface area contributed by atoms with Gasteiger partial charge < -0.3 is 4.90 Å². The van der Waals surface area contributed by atoms with E-state index in [1.807, 2.05) is 0 Å². The molecule has 0 aliphatic heterocycles. The molecule has 0 aliphatic carbocycles. The van der Waals surface area contributed by atoms with Crippen molar-refractivity contribution in [2.24, 2.45) is 0 Å². The average molecular weight is 262 g/mol. The van der Waals surface area contributed by atoms with E-state index in [-0.39, 0.29) is 12.6 Å². The second kappa shape index (κ2) is 5.96. The predicted octanol–water partition coefficient (Wildman–Crippen LogP) is 3.34. The molecule has 1 aromatic rings. The van der Waals surface area contributed by atoms with Crippen molar-refractivity contribution in [3.8, 4) is 0 Å². The van der Waals surface area contributed by atoms with Crippen LogP contribution >= 0.6 is 11.6 Å². The average Bonchev–Trinajstić information content (AvgIpc) is 2.24. The van der Waals surface area contributed by atoms with E-state index in [2.05, 4.69) is 0 Å². The molecule has 0 fully saturated rings. The van der Waals surface area contributed by atoms with E-state index < -0.39 is 12.3 Å². The van der Waals surface area contributed by atoms with Gasteiger partial charge in [0.2, 0.25) is 0 Å². The maximum atomic E-state index is 12.4. The van der Waals surface area contributed by atoms with E-state index >= 15 is 0 Å². The Morgan fingerprint density at radius 1 is 1.41 bits per heavy atom. The van der Waals surface area contributed by atoms with Crippen molar-refractivity contribution in [1.29, 1.82) is 0 Å². The summed E-state index contributed by atoms with van der Waals surface area (Å²) in [5, 5.41) is 0.524. The van der Waals surface area contributed by atoms with Gasteiger partial charge in [0.25, 0.3) is 5.91 Å². The third-order valence-corrected chi connectivity index (χ3v) is 2.57. The molecule has 94 valence electrons. The van der Waals surface area contributed by atoms with Gasteiger partial charge in [0.1, 0.15) is 0 Å². The van der Waals surface area contributed by atoms with Crippen LogP contribution in [0.25, 0.3) is 0 Å². The van der Waals surface area contributed by atoms with E-state index in [0.717, 1.165) is 10.5 Å². The summed E-state index contributed by atoms with van der Waals surface area (Å²) in [5.41, 5.74) is 0.736. The first-order valence-electron chi connectivity index (χ1n) is 5.25. The summed E-state index contributed by atoms with van der Waals surface area (Å²) in [6.07, 6.45) is -2.98. The smallest absolute Gasteiger partial charge is 0.315 e. The van der Waals surface area contributed by atoms with Gasteiger partial charge in [0.05, 0.1) is 0 Å². The lowest BCUT2D eigenvalue weighted by Gasteiger charge is -2.26. The van der Waals surface area contributed by atoms with Gasteiger partial charge in [-0.25, -0.2) is 0 Å². The minimum atomic E-state index is -2.98. The molecule has 17 heavy (non-hydrogen) atoms. The predicted molar refractivity (Wildman–Crippen MR) is 63.1 cm³/mol. The number of hydrogen-bond donors (Lipinski definition) is 0. The fraction of sp³-hybridized carbons (Fsp3) is 0.417. The lowest BCUT2D eigenvalue weighted by atomic mass is 10.2. The van der Waals surface area contributed by atoms with E-state index in [0.29, 0.717) is 5.02 Å². The normalized spacial score (nSPS) is 11.0. The Labute approximate surface area is 104 Å². The zero-order valence-corrected chi connectivity index (χ0v) is 10.4. The molecule has 0 saturated heterocycles. The van der Waals surface area contributed by atoms with Gasteiger partial charge in [-0.1, -0.05) is 23.7 Å². The molecule has 0 spiro atoms. The van der Waals surface area contributed by atoms with Crippen molar-refractivity contribution in [2.75, 3.05) is 0 Å². The van der Waals surface area contributed by atoms with E-state index in [1.165, 1.54) is 0 Å². The molecule has 0 aromatic heterocycles. The van der Waals surface area contributed by atoms with E-state index in [1.54, 1.807) is 38.1 Å². The standard InChI is InChI=1S/C12H14ClF2NO/c1-8(2)16(12(17)11(14)15)7-9-4-3-5-10(13)6-9/h3-6,8,11H,7H2,1-2H3. The maximum Gasteiger partial charge on any atom is 0.315 e. The summed E-state index contributed by atoms with van der Waals surface area (Å²) in [6.45, 7) is 3.54. The molecular weight excluding hydrogens is 248 g/mol. The van der Waals surface area contributed by atoms with Crippen LogP contribution in [-0.2, 0) is 11.3 Å². The van der Waals surface area contributed by atoms with Crippen LogP contribution in [0.15, 0.2) is 24.3 Å². The van der Waals surface area contributed by atoms with Crippen LogP contribution in [0, 0.1) is 0 Å². The van der Waals surface area contributed by atoms with Gasteiger partial charge >= 0.3 is 6.43 Å². The first kappa shape index (κ1) is 13.9. The van der Waals surface area contributed by atoms with Crippen molar-refractivity contribution in [3.05, 3.63) is 34.9 Å². The second-order valence-electron chi connectivity index (χ2n) is 3.99. The fourth-order valence-electron chi connectivity index (χ4n) is 1.47. The van der Waals surface area contributed by atoms with Gasteiger partial charge in [-0.15, -0.1) is 0 Å². The molecule has 0 heterocycles. The van der Waals surface area contributed by atoms with E-state index in [4.69, 9.17) is 11.6 Å². The first-order valence-corrected chi connectivity index (χ1v) is 5.62. The van der Waals surface area contributed by atoms with Crippen LogP contribution in [0.2, 0.25) is 5.02 Å². The van der Waals surface area contributed by atoms with Crippen LogP contribution in [-0.4, -0.2) is 23.3 Å². The SMILES string of the molecule is CC(C)N(Cc1cccc(Cl)c1)C(=O)C(F)F. The van der Waals surface area contributed by atoms with E-state index in [9.17, 15) is 13.6 Å². The summed E-state index contributed by atoms with van der Waals surface area (Å²) in [4.78, 5) is 12.5. The number of halogens is 3. The molecule has 0 aliphatic rings. The second-order valence-corrected chi connectivity index (χ2v) is 4.43. The number of carbonyl (C=O) groups is 1. The van der Waals surface area contributed by atoms with Crippen LogP contribution < -0.4 is 0 Å². The van der Waals surface area contributed by atoms with Gasteiger partial charge in [-0.3, -0.25) is 4.79 Å². The van der Waals surface area contributed by atoms with Crippen molar-refractivity contribution >= 4 is 17.5 Å². The number of amides is 1. The highest BCUT2D eigenvalue weighted by Gasteiger charge is 2.25. The van der Waals surface area contributed by atoms with Crippen molar-refractivity contribution in [2.45, 2.75) is 32.9 Å². The summed E-state index contributed by atoms with van der Waals surface area (Å²) < 4.78 is 24.8. The van der Waals surface area contributed by atoms with Gasteiger partial charge in [0, 0.05) is 17.6 Å². The molecule has 1 rings (SSSR count). The fourth-order valence-corrected chi connectivity index (χ4v) is 1.69. The Balaban J connectivity index is 2.84. The Morgan fingerprint density at radius 2 is 2.06 bits per heavy atom. The quantitative estimate of drug-likeness (QED) is 0.814. The number of alkyl halides is 2. The highest BCUT2D eigenvalue weighted by atomic mass is 35.5. The van der Waals surface area contributed by atoms with Crippen LogP contribution in [0.1, 0.15) is 19.4 Å². The topological polar surface area (TPSA) is 20.3 Å². The minimum Gasteiger partial charge on any atom is -0.331 e. The molecule has 1 aromatic carbocycles. The monoisotopic (exact) mass is 261 g/mol. The maximum absolute atomic E-state index is 12.4. The van der Waals surface area contributed by atoms with Gasteiger partial charge in [0.15, 0.2) is 0 Å². The van der Waals surface area contributed by atoms with Crippen molar-refractivity contribution in [1.82, 2.24) is 4.90 Å². The third kappa shape index (κ3) is 3.97.